The smallest absolute Gasteiger partial charge is 0.338 e. The molecule has 9 nitrogen and oxygen atoms in total. The van der Waals surface area contributed by atoms with E-state index in [0.29, 0.717) is 36.2 Å². The van der Waals surface area contributed by atoms with Crippen LogP contribution < -0.4 is 20.1 Å². The fourth-order valence-electron chi connectivity index (χ4n) is 2.08. The highest BCUT2D eigenvalue weighted by molar-refractivity contribution is 5.90. The van der Waals surface area contributed by atoms with Crippen molar-refractivity contribution in [2.45, 2.75) is 20.5 Å². The Labute approximate surface area is 152 Å². The maximum absolute atomic E-state index is 12.3. The van der Waals surface area contributed by atoms with Crippen LogP contribution in [-0.2, 0) is 11.3 Å². The third kappa shape index (κ3) is 4.95. The number of aromatic nitrogens is 3. The van der Waals surface area contributed by atoms with Crippen LogP contribution in [-0.4, -0.2) is 48.2 Å². The molecular weight excluding hydrogens is 338 g/mol. The number of carbonyl (C=O) groups is 1. The standard InChI is InChI=1S/C17H23N5O4/c1-5-24-12-8-7-11(9-13(12)25-6-2)15(23)26-10-14-19-16(18)21-17(20-14)22(3)4/h7-9H,5-6,10H2,1-4H3,(H2,18,19,20,21). The highest BCUT2D eigenvalue weighted by Gasteiger charge is 2.14. The molecule has 0 aliphatic carbocycles. The van der Waals surface area contributed by atoms with Gasteiger partial charge < -0.3 is 24.8 Å². The molecule has 2 rings (SSSR count). The van der Waals surface area contributed by atoms with Crippen LogP contribution in [0, 0.1) is 0 Å². The van der Waals surface area contributed by atoms with E-state index in [9.17, 15) is 4.79 Å². The monoisotopic (exact) mass is 361 g/mol. The first-order valence-electron chi connectivity index (χ1n) is 8.19. The van der Waals surface area contributed by atoms with Crippen molar-refractivity contribution in [3.05, 3.63) is 29.6 Å². The summed E-state index contributed by atoms with van der Waals surface area (Å²) < 4.78 is 16.3. The van der Waals surface area contributed by atoms with E-state index < -0.39 is 5.97 Å². The largest absolute Gasteiger partial charge is 0.490 e. The molecule has 1 aromatic heterocycles. The highest BCUT2D eigenvalue weighted by Crippen LogP contribution is 2.28. The number of carbonyl (C=O) groups excluding carboxylic acids is 1. The van der Waals surface area contributed by atoms with Crippen LogP contribution in [0.2, 0.25) is 0 Å². The van der Waals surface area contributed by atoms with E-state index in [1.165, 1.54) is 0 Å². The summed E-state index contributed by atoms with van der Waals surface area (Å²) in [6.45, 7) is 4.56. The summed E-state index contributed by atoms with van der Waals surface area (Å²) in [6.07, 6.45) is 0. The maximum Gasteiger partial charge on any atom is 0.338 e. The maximum atomic E-state index is 12.3. The molecule has 0 spiro atoms. The zero-order chi connectivity index (χ0) is 19.1. The van der Waals surface area contributed by atoms with Gasteiger partial charge in [0.15, 0.2) is 23.9 Å². The number of ether oxygens (including phenoxy) is 3. The Hall–Kier alpha value is -3.10. The van der Waals surface area contributed by atoms with Crippen molar-refractivity contribution in [1.29, 1.82) is 0 Å². The van der Waals surface area contributed by atoms with Crippen LogP contribution in [0.4, 0.5) is 11.9 Å². The first kappa shape index (κ1) is 19.2. The van der Waals surface area contributed by atoms with E-state index in [1.54, 1.807) is 37.2 Å². The molecule has 9 heteroatoms. The van der Waals surface area contributed by atoms with Crippen molar-refractivity contribution in [1.82, 2.24) is 15.0 Å². The van der Waals surface area contributed by atoms with Gasteiger partial charge in [0.25, 0.3) is 0 Å². The van der Waals surface area contributed by atoms with Gasteiger partial charge in [-0.05, 0) is 32.0 Å². The minimum Gasteiger partial charge on any atom is -0.490 e. The number of hydrogen-bond donors (Lipinski definition) is 1. The van der Waals surface area contributed by atoms with Gasteiger partial charge in [-0.25, -0.2) is 4.79 Å². The minimum absolute atomic E-state index is 0.0643. The number of rotatable bonds is 8. The zero-order valence-corrected chi connectivity index (χ0v) is 15.4. The molecular formula is C17H23N5O4. The molecule has 26 heavy (non-hydrogen) atoms. The number of nitrogens with zero attached hydrogens (tertiary/aromatic N) is 4. The summed E-state index contributed by atoms with van der Waals surface area (Å²) in [7, 11) is 3.56. The van der Waals surface area contributed by atoms with Gasteiger partial charge in [0, 0.05) is 14.1 Å². The Bertz CT molecular complexity index is 767. The molecule has 1 heterocycles. The second-order valence-electron chi connectivity index (χ2n) is 5.41. The molecule has 0 aliphatic heterocycles. The summed E-state index contributed by atoms with van der Waals surface area (Å²) >= 11 is 0. The average molecular weight is 361 g/mol. The van der Waals surface area contributed by atoms with Crippen molar-refractivity contribution in [3.8, 4) is 11.5 Å². The van der Waals surface area contributed by atoms with Crippen LogP contribution in [0.3, 0.4) is 0 Å². The predicted octanol–water partition coefficient (Wildman–Crippen LogP) is 1.67. The molecule has 0 amide bonds. The third-order valence-corrected chi connectivity index (χ3v) is 3.20. The molecule has 2 N–H and O–H groups in total. The lowest BCUT2D eigenvalue weighted by molar-refractivity contribution is 0.0461. The molecule has 0 unspecified atom stereocenters. The molecule has 0 bridgehead atoms. The third-order valence-electron chi connectivity index (χ3n) is 3.20. The molecule has 0 fully saturated rings. The van der Waals surface area contributed by atoms with Gasteiger partial charge in [-0.3, -0.25) is 0 Å². The van der Waals surface area contributed by atoms with E-state index in [0.717, 1.165) is 0 Å². The number of nitrogens with two attached hydrogens (primary N) is 1. The van der Waals surface area contributed by atoms with E-state index in [4.69, 9.17) is 19.9 Å². The van der Waals surface area contributed by atoms with E-state index >= 15 is 0 Å². The molecule has 0 saturated carbocycles. The quantitative estimate of drug-likeness (QED) is 0.701. The number of anilines is 2. The van der Waals surface area contributed by atoms with Crippen LogP contribution in [0.25, 0.3) is 0 Å². The molecule has 0 radical (unpaired) electrons. The fraction of sp³-hybridized carbons (Fsp3) is 0.412. The average Bonchev–Trinajstić information content (AvgIpc) is 2.61. The van der Waals surface area contributed by atoms with Crippen LogP contribution in [0.15, 0.2) is 18.2 Å². The van der Waals surface area contributed by atoms with Gasteiger partial charge in [-0.1, -0.05) is 0 Å². The number of hydrogen-bond acceptors (Lipinski definition) is 9. The highest BCUT2D eigenvalue weighted by atomic mass is 16.5. The van der Waals surface area contributed by atoms with Crippen molar-refractivity contribution in [3.63, 3.8) is 0 Å². The van der Waals surface area contributed by atoms with E-state index in [-0.39, 0.29) is 18.4 Å². The number of esters is 1. The van der Waals surface area contributed by atoms with Gasteiger partial charge in [-0.15, -0.1) is 0 Å². The van der Waals surface area contributed by atoms with Crippen molar-refractivity contribution in [2.75, 3.05) is 37.9 Å². The lowest BCUT2D eigenvalue weighted by Crippen LogP contribution is -2.17. The van der Waals surface area contributed by atoms with Gasteiger partial charge in [-0.2, -0.15) is 15.0 Å². The molecule has 0 saturated heterocycles. The normalized spacial score (nSPS) is 10.3. The second-order valence-corrected chi connectivity index (χ2v) is 5.41. The Morgan fingerprint density at radius 1 is 1.08 bits per heavy atom. The van der Waals surface area contributed by atoms with Crippen molar-refractivity contribution >= 4 is 17.9 Å². The first-order valence-corrected chi connectivity index (χ1v) is 8.19. The van der Waals surface area contributed by atoms with Gasteiger partial charge >= 0.3 is 5.97 Å². The van der Waals surface area contributed by atoms with Crippen molar-refractivity contribution < 1.29 is 19.0 Å². The molecule has 1 aromatic carbocycles. The summed E-state index contributed by atoms with van der Waals surface area (Å²) in [5.41, 5.74) is 5.99. The summed E-state index contributed by atoms with van der Waals surface area (Å²) in [5.74, 6) is 1.26. The number of benzene rings is 1. The Kier molecular flexibility index (Phi) is 6.54. The summed E-state index contributed by atoms with van der Waals surface area (Å²) in [4.78, 5) is 26.1. The summed E-state index contributed by atoms with van der Waals surface area (Å²) in [5, 5.41) is 0. The van der Waals surface area contributed by atoms with Gasteiger partial charge in [0.05, 0.1) is 18.8 Å². The predicted molar refractivity (Wildman–Crippen MR) is 96.5 cm³/mol. The number of nitrogen functional groups attached to an aromatic ring is 1. The molecule has 140 valence electrons. The van der Waals surface area contributed by atoms with Crippen molar-refractivity contribution in [2.24, 2.45) is 0 Å². The Morgan fingerprint density at radius 2 is 1.77 bits per heavy atom. The first-order chi connectivity index (χ1) is 12.4. The topological polar surface area (TPSA) is 113 Å². The fourth-order valence-corrected chi connectivity index (χ4v) is 2.08. The minimum atomic E-state index is -0.528. The Morgan fingerprint density at radius 3 is 2.42 bits per heavy atom. The van der Waals surface area contributed by atoms with Crippen LogP contribution >= 0.6 is 0 Å². The molecule has 0 aliphatic rings. The van der Waals surface area contributed by atoms with E-state index in [2.05, 4.69) is 15.0 Å². The van der Waals surface area contributed by atoms with E-state index in [1.807, 2.05) is 13.8 Å². The molecule has 2 aromatic rings. The van der Waals surface area contributed by atoms with Crippen LogP contribution in [0.1, 0.15) is 30.0 Å². The van der Waals surface area contributed by atoms with Gasteiger partial charge in [0.2, 0.25) is 11.9 Å². The lowest BCUT2D eigenvalue weighted by Gasteiger charge is -2.13. The van der Waals surface area contributed by atoms with Gasteiger partial charge in [0.1, 0.15) is 0 Å². The lowest BCUT2D eigenvalue weighted by atomic mass is 10.2. The Balaban J connectivity index is 2.11. The second kappa shape index (κ2) is 8.84. The van der Waals surface area contributed by atoms with Crippen LogP contribution in [0.5, 0.6) is 11.5 Å². The zero-order valence-electron chi connectivity index (χ0n) is 15.4. The molecule has 0 atom stereocenters. The SMILES string of the molecule is CCOc1ccc(C(=O)OCc2nc(N)nc(N(C)C)n2)cc1OCC. The summed E-state index contributed by atoms with van der Waals surface area (Å²) in [6, 6.07) is 4.88.